The van der Waals surface area contributed by atoms with Gasteiger partial charge in [-0.2, -0.15) is 0 Å². The van der Waals surface area contributed by atoms with Gasteiger partial charge in [-0.1, -0.05) is 18.2 Å². The maximum Gasteiger partial charge on any atom is 0.191 e. The number of para-hydroxylation sites is 1. The fraction of sp³-hybridized carbons (Fsp3) is 0.417. The quantitative estimate of drug-likeness (QED) is 0.475. The molecule has 0 bridgehead atoms. The minimum Gasteiger partial charge on any atom is -0.370 e. The Morgan fingerprint density at radius 1 is 1.12 bits per heavy atom. The first kappa shape index (κ1) is 14.1. The maximum absolute atomic E-state index is 5.79. The zero-order chi connectivity index (χ0) is 11.4. The number of aliphatic imine (C=N–C) groups is 1. The van der Waals surface area contributed by atoms with Crippen molar-refractivity contribution in [3.8, 4) is 0 Å². The second-order valence-electron chi connectivity index (χ2n) is 3.89. The number of nitrogens with zero attached hydrogens (tertiary/aromatic N) is 3. The van der Waals surface area contributed by atoms with E-state index in [9.17, 15) is 0 Å². The second kappa shape index (κ2) is 6.68. The van der Waals surface area contributed by atoms with Crippen LogP contribution in [0.5, 0.6) is 0 Å². The van der Waals surface area contributed by atoms with Crippen LogP contribution in [0.2, 0.25) is 0 Å². The molecule has 5 heteroatoms. The molecule has 0 atom stereocenters. The molecule has 1 heterocycles. The van der Waals surface area contributed by atoms with Crippen LogP contribution in [0.1, 0.15) is 0 Å². The van der Waals surface area contributed by atoms with Crippen LogP contribution >= 0.6 is 24.0 Å². The molecule has 0 radical (unpaired) electrons. The van der Waals surface area contributed by atoms with Crippen LogP contribution in [0.15, 0.2) is 35.3 Å². The highest BCUT2D eigenvalue weighted by molar-refractivity contribution is 14.0. The Hall–Kier alpha value is -0.980. The number of guanidine groups is 1. The zero-order valence-electron chi connectivity index (χ0n) is 10.0. The van der Waals surface area contributed by atoms with Gasteiger partial charge in [-0.3, -0.25) is 4.99 Å². The Kier molecular flexibility index (Phi) is 5.54. The van der Waals surface area contributed by atoms with E-state index in [2.05, 4.69) is 39.1 Å². The molecular weight excluding hydrogens is 327 g/mol. The van der Waals surface area contributed by atoms with Crippen LogP contribution in [0.25, 0.3) is 0 Å². The Morgan fingerprint density at radius 3 is 2.24 bits per heavy atom. The minimum atomic E-state index is 0. The fourth-order valence-corrected chi connectivity index (χ4v) is 1.97. The first-order valence-electron chi connectivity index (χ1n) is 5.58. The molecule has 1 aromatic carbocycles. The lowest BCUT2D eigenvalue weighted by Gasteiger charge is -2.36. The van der Waals surface area contributed by atoms with E-state index in [1.807, 2.05) is 6.07 Å². The summed E-state index contributed by atoms with van der Waals surface area (Å²) in [5, 5.41) is 0. The summed E-state index contributed by atoms with van der Waals surface area (Å²) in [6.45, 7) is 3.89. The molecule has 0 spiro atoms. The van der Waals surface area contributed by atoms with Crippen molar-refractivity contribution in [3.63, 3.8) is 0 Å². The molecule has 4 nitrogen and oxygen atoms in total. The number of hydrogen-bond acceptors (Lipinski definition) is 2. The third-order valence-corrected chi connectivity index (χ3v) is 2.95. The van der Waals surface area contributed by atoms with Gasteiger partial charge in [0, 0.05) is 38.9 Å². The Labute approximate surface area is 120 Å². The molecule has 17 heavy (non-hydrogen) atoms. The summed E-state index contributed by atoms with van der Waals surface area (Å²) in [4.78, 5) is 8.51. The number of hydrogen-bond donors (Lipinski definition) is 1. The molecule has 2 rings (SSSR count). The standard InChI is InChI=1S/C12H18N4.HI/c1-14-12(13)16-9-7-15(8-10-16)11-5-3-2-4-6-11;/h2-6H,7-10H2,1H3,(H2,13,14);1H. The van der Waals surface area contributed by atoms with Crippen LogP contribution < -0.4 is 10.6 Å². The molecule has 0 amide bonds. The van der Waals surface area contributed by atoms with Gasteiger partial charge in [0.1, 0.15) is 0 Å². The summed E-state index contributed by atoms with van der Waals surface area (Å²) < 4.78 is 0. The molecule has 0 unspecified atom stereocenters. The van der Waals surface area contributed by atoms with Gasteiger partial charge in [0.25, 0.3) is 0 Å². The van der Waals surface area contributed by atoms with Crippen molar-refractivity contribution in [2.75, 3.05) is 38.1 Å². The average Bonchev–Trinajstić information content (AvgIpc) is 2.39. The third kappa shape index (κ3) is 3.49. The van der Waals surface area contributed by atoms with Gasteiger partial charge in [-0.15, -0.1) is 24.0 Å². The van der Waals surface area contributed by atoms with Gasteiger partial charge < -0.3 is 15.5 Å². The number of rotatable bonds is 1. The average molecular weight is 346 g/mol. The number of anilines is 1. The van der Waals surface area contributed by atoms with E-state index in [0.29, 0.717) is 5.96 Å². The summed E-state index contributed by atoms with van der Waals surface area (Å²) in [5.41, 5.74) is 7.08. The van der Waals surface area contributed by atoms with Gasteiger partial charge in [0.05, 0.1) is 0 Å². The molecule has 94 valence electrons. The van der Waals surface area contributed by atoms with Crippen molar-refractivity contribution >= 4 is 35.6 Å². The van der Waals surface area contributed by atoms with Gasteiger partial charge in [-0.05, 0) is 12.1 Å². The molecular formula is C12H19IN4. The predicted molar refractivity (Wildman–Crippen MR) is 83.2 cm³/mol. The maximum atomic E-state index is 5.79. The van der Waals surface area contributed by atoms with Gasteiger partial charge in [-0.25, -0.2) is 0 Å². The van der Waals surface area contributed by atoms with Crippen molar-refractivity contribution in [1.29, 1.82) is 0 Å². The summed E-state index contributed by atoms with van der Waals surface area (Å²) >= 11 is 0. The van der Waals surface area contributed by atoms with E-state index in [0.717, 1.165) is 26.2 Å². The Bertz CT molecular complexity index is 358. The van der Waals surface area contributed by atoms with Crippen LogP contribution in [-0.4, -0.2) is 44.1 Å². The largest absolute Gasteiger partial charge is 0.370 e. The lowest BCUT2D eigenvalue weighted by Crippen LogP contribution is -2.51. The third-order valence-electron chi connectivity index (χ3n) is 2.95. The first-order valence-corrected chi connectivity index (χ1v) is 5.58. The molecule has 1 fully saturated rings. The first-order chi connectivity index (χ1) is 7.81. The highest BCUT2D eigenvalue weighted by atomic mass is 127. The Balaban J connectivity index is 0.00000144. The molecule has 1 aliphatic rings. The van der Waals surface area contributed by atoms with E-state index >= 15 is 0 Å². The summed E-state index contributed by atoms with van der Waals surface area (Å²) in [7, 11) is 1.74. The molecule has 0 aliphatic carbocycles. The van der Waals surface area contributed by atoms with Crippen LogP contribution in [-0.2, 0) is 0 Å². The molecule has 1 aliphatic heterocycles. The van der Waals surface area contributed by atoms with E-state index in [-0.39, 0.29) is 24.0 Å². The van der Waals surface area contributed by atoms with E-state index in [1.165, 1.54) is 5.69 Å². The highest BCUT2D eigenvalue weighted by Gasteiger charge is 2.17. The molecule has 0 aromatic heterocycles. The SMILES string of the molecule is CN=C(N)N1CCN(c2ccccc2)CC1.I. The summed E-state index contributed by atoms with van der Waals surface area (Å²) in [6, 6.07) is 10.5. The molecule has 2 N–H and O–H groups in total. The predicted octanol–water partition coefficient (Wildman–Crippen LogP) is 1.37. The number of benzene rings is 1. The Morgan fingerprint density at radius 2 is 1.71 bits per heavy atom. The topological polar surface area (TPSA) is 44.9 Å². The number of piperazine rings is 1. The van der Waals surface area contributed by atoms with E-state index in [4.69, 9.17) is 5.73 Å². The number of halogens is 1. The molecule has 1 aromatic rings. The monoisotopic (exact) mass is 346 g/mol. The summed E-state index contributed by atoms with van der Waals surface area (Å²) in [6.07, 6.45) is 0. The number of nitrogens with two attached hydrogens (primary N) is 1. The minimum absolute atomic E-state index is 0. The van der Waals surface area contributed by atoms with Gasteiger partial charge >= 0.3 is 0 Å². The van der Waals surface area contributed by atoms with Crippen LogP contribution in [0.4, 0.5) is 5.69 Å². The van der Waals surface area contributed by atoms with Crippen molar-refractivity contribution < 1.29 is 0 Å². The zero-order valence-corrected chi connectivity index (χ0v) is 12.4. The van der Waals surface area contributed by atoms with Crippen LogP contribution in [0.3, 0.4) is 0 Å². The van der Waals surface area contributed by atoms with Crippen molar-refractivity contribution in [2.24, 2.45) is 10.7 Å². The van der Waals surface area contributed by atoms with Gasteiger partial charge in [0.2, 0.25) is 0 Å². The molecule has 0 saturated carbocycles. The smallest absolute Gasteiger partial charge is 0.191 e. The van der Waals surface area contributed by atoms with Crippen molar-refractivity contribution in [1.82, 2.24) is 4.90 Å². The second-order valence-corrected chi connectivity index (χ2v) is 3.89. The normalized spacial score (nSPS) is 16.6. The lowest BCUT2D eigenvalue weighted by atomic mass is 10.2. The van der Waals surface area contributed by atoms with Gasteiger partial charge in [0.15, 0.2) is 5.96 Å². The summed E-state index contributed by atoms with van der Waals surface area (Å²) in [5.74, 6) is 0.646. The highest BCUT2D eigenvalue weighted by Crippen LogP contribution is 2.15. The van der Waals surface area contributed by atoms with Crippen molar-refractivity contribution in [2.45, 2.75) is 0 Å². The molecule has 1 saturated heterocycles. The van der Waals surface area contributed by atoms with Crippen molar-refractivity contribution in [3.05, 3.63) is 30.3 Å². The van der Waals surface area contributed by atoms with E-state index < -0.39 is 0 Å². The lowest BCUT2D eigenvalue weighted by molar-refractivity contribution is 0.381. The van der Waals surface area contributed by atoms with E-state index in [1.54, 1.807) is 7.05 Å². The van der Waals surface area contributed by atoms with Crippen LogP contribution in [0, 0.1) is 0 Å². The fourth-order valence-electron chi connectivity index (χ4n) is 1.97.